The second-order valence-corrected chi connectivity index (χ2v) is 4.08. The molecular formula is C11H12ClFN2O2. The smallest absolute Gasteiger partial charge is 0.282 e. The van der Waals surface area contributed by atoms with Crippen molar-refractivity contribution in [3.8, 4) is 5.75 Å². The van der Waals surface area contributed by atoms with E-state index in [1.165, 1.54) is 12.1 Å². The van der Waals surface area contributed by atoms with Gasteiger partial charge in [-0.25, -0.2) is 9.38 Å². The van der Waals surface area contributed by atoms with E-state index in [9.17, 15) is 4.39 Å². The Morgan fingerprint density at radius 2 is 2.41 bits per heavy atom. The van der Waals surface area contributed by atoms with Crippen molar-refractivity contribution in [1.82, 2.24) is 0 Å². The highest BCUT2D eigenvalue weighted by molar-refractivity contribution is 6.30. The highest BCUT2D eigenvalue weighted by atomic mass is 35.5. The molecule has 1 atom stereocenters. The van der Waals surface area contributed by atoms with Crippen LogP contribution in [0.3, 0.4) is 0 Å². The minimum Gasteiger partial charge on any atom is -0.490 e. The second-order valence-electron chi connectivity index (χ2n) is 3.64. The average Bonchev–Trinajstić information content (AvgIpc) is 2.68. The lowest BCUT2D eigenvalue weighted by atomic mass is 10.2. The molecule has 0 unspecified atom stereocenters. The normalized spacial score (nSPS) is 18.7. The molecule has 92 valence electrons. The van der Waals surface area contributed by atoms with Crippen LogP contribution >= 0.6 is 11.6 Å². The molecule has 1 aromatic carbocycles. The zero-order valence-corrected chi connectivity index (χ0v) is 9.78. The monoisotopic (exact) mass is 258 g/mol. The molecule has 4 nitrogen and oxygen atoms in total. The fourth-order valence-corrected chi connectivity index (χ4v) is 1.64. The van der Waals surface area contributed by atoms with Crippen molar-refractivity contribution in [2.24, 2.45) is 10.7 Å². The van der Waals surface area contributed by atoms with E-state index in [2.05, 4.69) is 4.99 Å². The highest BCUT2D eigenvalue weighted by Gasteiger charge is 2.16. The van der Waals surface area contributed by atoms with Crippen molar-refractivity contribution in [1.29, 1.82) is 0 Å². The van der Waals surface area contributed by atoms with Gasteiger partial charge in [-0.1, -0.05) is 11.6 Å². The molecule has 1 heterocycles. The molecule has 0 bridgehead atoms. The maximum Gasteiger partial charge on any atom is 0.282 e. The van der Waals surface area contributed by atoms with Gasteiger partial charge in [0.2, 0.25) is 0 Å². The van der Waals surface area contributed by atoms with Gasteiger partial charge in [0.25, 0.3) is 6.02 Å². The lowest BCUT2D eigenvalue weighted by molar-refractivity contribution is 0.257. The van der Waals surface area contributed by atoms with Gasteiger partial charge in [0, 0.05) is 11.4 Å². The molecule has 0 amide bonds. The van der Waals surface area contributed by atoms with E-state index in [0.717, 1.165) is 0 Å². The van der Waals surface area contributed by atoms with Crippen molar-refractivity contribution < 1.29 is 13.9 Å². The fraction of sp³-hybridized carbons (Fsp3) is 0.364. The summed E-state index contributed by atoms with van der Waals surface area (Å²) in [5, 5.41) is 0.344. The first-order valence-corrected chi connectivity index (χ1v) is 5.57. The molecule has 1 aliphatic heterocycles. The molecule has 6 heteroatoms. The third kappa shape index (κ3) is 3.23. The average molecular weight is 259 g/mol. The molecule has 0 saturated carbocycles. The van der Waals surface area contributed by atoms with Crippen LogP contribution in [0, 0.1) is 5.82 Å². The van der Waals surface area contributed by atoms with Crippen molar-refractivity contribution in [2.75, 3.05) is 13.2 Å². The number of rotatable bonds is 4. The molecule has 1 aromatic rings. The zero-order chi connectivity index (χ0) is 12.3. The predicted molar refractivity (Wildman–Crippen MR) is 62.9 cm³/mol. The third-order valence-corrected chi connectivity index (χ3v) is 2.57. The molecule has 0 aromatic heterocycles. The second kappa shape index (κ2) is 5.23. The molecule has 2 rings (SSSR count). The van der Waals surface area contributed by atoms with Gasteiger partial charge >= 0.3 is 0 Å². The van der Waals surface area contributed by atoms with Crippen LogP contribution in [0.2, 0.25) is 5.02 Å². The summed E-state index contributed by atoms with van der Waals surface area (Å²) in [6.07, 6.45) is 0.628. The van der Waals surface area contributed by atoms with Crippen molar-refractivity contribution in [2.45, 2.75) is 12.5 Å². The summed E-state index contributed by atoms with van der Waals surface area (Å²) in [7, 11) is 0. The predicted octanol–water partition coefficient (Wildman–Crippen LogP) is 1.96. The summed E-state index contributed by atoms with van der Waals surface area (Å²) >= 11 is 5.63. The first-order chi connectivity index (χ1) is 8.15. The Morgan fingerprint density at radius 1 is 1.59 bits per heavy atom. The van der Waals surface area contributed by atoms with E-state index < -0.39 is 5.82 Å². The van der Waals surface area contributed by atoms with Gasteiger partial charge in [-0.3, -0.25) is 0 Å². The van der Waals surface area contributed by atoms with Crippen LogP contribution in [0.25, 0.3) is 0 Å². The van der Waals surface area contributed by atoms with Gasteiger partial charge < -0.3 is 15.2 Å². The van der Waals surface area contributed by atoms with Crippen LogP contribution in [0.4, 0.5) is 4.39 Å². The summed E-state index contributed by atoms with van der Waals surface area (Å²) < 4.78 is 23.6. The van der Waals surface area contributed by atoms with Crippen LogP contribution < -0.4 is 10.5 Å². The van der Waals surface area contributed by atoms with Gasteiger partial charge in [0.15, 0.2) is 11.6 Å². The minimum atomic E-state index is -0.469. The lowest BCUT2D eigenvalue weighted by Crippen LogP contribution is -2.12. The number of hydrogen-bond acceptors (Lipinski definition) is 4. The van der Waals surface area contributed by atoms with E-state index in [4.69, 9.17) is 26.8 Å². The standard InChI is InChI=1S/C11H12ClFN2O2/c12-7-1-2-10(9(13)5-7)16-4-3-8-6-17-11(14)15-8/h1-2,5,8H,3-4,6H2,(H2,14,15)/t8-/m0/s1. The number of benzene rings is 1. The van der Waals surface area contributed by atoms with Crippen LogP contribution in [-0.2, 0) is 4.74 Å². The number of hydrogen-bond donors (Lipinski definition) is 1. The Morgan fingerprint density at radius 3 is 3.06 bits per heavy atom. The van der Waals surface area contributed by atoms with Crippen LogP contribution in [0.5, 0.6) is 5.75 Å². The van der Waals surface area contributed by atoms with Gasteiger partial charge in [0.05, 0.1) is 12.6 Å². The van der Waals surface area contributed by atoms with Crippen molar-refractivity contribution >= 4 is 17.6 Å². The Hall–Kier alpha value is -1.49. The molecule has 0 spiro atoms. The first kappa shape index (κ1) is 12.0. The molecule has 0 radical (unpaired) electrons. The summed E-state index contributed by atoms with van der Waals surface area (Å²) in [6, 6.07) is 4.49. The number of ether oxygens (including phenoxy) is 2. The number of nitrogens with zero attached hydrogens (tertiary/aromatic N) is 1. The summed E-state index contributed by atoms with van der Waals surface area (Å²) in [5.41, 5.74) is 5.36. The number of nitrogens with two attached hydrogens (primary N) is 1. The van der Waals surface area contributed by atoms with Crippen LogP contribution in [0.1, 0.15) is 6.42 Å². The lowest BCUT2D eigenvalue weighted by Gasteiger charge is -2.08. The molecular weight excluding hydrogens is 247 g/mol. The largest absolute Gasteiger partial charge is 0.490 e. The summed E-state index contributed by atoms with van der Waals surface area (Å²) in [6.45, 7) is 0.807. The number of amidine groups is 1. The maximum atomic E-state index is 13.3. The molecule has 0 saturated heterocycles. The number of aliphatic imine (C=N–C) groups is 1. The number of halogens is 2. The Kier molecular flexibility index (Phi) is 3.68. The fourth-order valence-electron chi connectivity index (χ4n) is 1.48. The highest BCUT2D eigenvalue weighted by Crippen LogP contribution is 2.21. The molecule has 0 fully saturated rings. The van der Waals surface area contributed by atoms with E-state index >= 15 is 0 Å². The summed E-state index contributed by atoms with van der Waals surface area (Å²) in [4.78, 5) is 4.03. The minimum absolute atomic E-state index is 0.00892. The third-order valence-electron chi connectivity index (χ3n) is 2.34. The molecule has 0 aliphatic carbocycles. The summed E-state index contributed by atoms with van der Waals surface area (Å²) in [5.74, 6) is -0.284. The van der Waals surface area contributed by atoms with E-state index in [0.29, 0.717) is 24.7 Å². The first-order valence-electron chi connectivity index (χ1n) is 5.19. The van der Waals surface area contributed by atoms with E-state index in [1.807, 2.05) is 0 Å². The SMILES string of the molecule is NC1=N[C@@H](CCOc2ccc(Cl)cc2F)CO1. The Labute approximate surface area is 103 Å². The van der Waals surface area contributed by atoms with Crippen LogP contribution in [0.15, 0.2) is 23.2 Å². The molecule has 2 N–H and O–H groups in total. The Balaban J connectivity index is 1.82. The van der Waals surface area contributed by atoms with Crippen LogP contribution in [-0.4, -0.2) is 25.3 Å². The van der Waals surface area contributed by atoms with Gasteiger partial charge in [-0.15, -0.1) is 0 Å². The maximum absolute atomic E-state index is 13.3. The van der Waals surface area contributed by atoms with Crippen molar-refractivity contribution in [3.63, 3.8) is 0 Å². The molecule has 1 aliphatic rings. The molecule has 17 heavy (non-hydrogen) atoms. The van der Waals surface area contributed by atoms with Gasteiger partial charge in [0.1, 0.15) is 6.61 Å². The van der Waals surface area contributed by atoms with E-state index in [1.54, 1.807) is 6.07 Å². The quantitative estimate of drug-likeness (QED) is 0.898. The Bertz CT molecular complexity index is 439. The zero-order valence-electron chi connectivity index (χ0n) is 9.03. The van der Waals surface area contributed by atoms with Gasteiger partial charge in [-0.2, -0.15) is 0 Å². The van der Waals surface area contributed by atoms with Crippen molar-refractivity contribution in [3.05, 3.63) is 29.0 Å². The topological polar surface area (TPSA) is 56.8 Å². The van der Waals surface area contributed by atoms with Gasteiger partial charge in [-0.05, 0) is 18.2 Å². The van der Waals surface area contributed by atoms with E-state index in [-0.39, 0.29) is 17.8 Å².